The largest absolute Gasteiger partial charge is 0.493 e. The number of aryl methyl sites for hydroxylation is 1. The molecule has 1 saturated heterocycles. The fraction of sp³-hybridized carbons (Fsp3) is 0.455. The van der Waals surface area contributed by atoms with Gasteiger partial charge in [0.05, 0.1) is 20.6 Å². The molecule has 7 nitrogen and oxygen atoms in total. The van der Waals surface area contributed by atoms with Gasteiger partial charge in [0.25, 0.3) is 5.56 Å². The summed E-state index contributed by atoms with van der Waals surface area (Å²) in [5, 5.41) is 0. The molecule has 0 N–H and O–H groups in total. The van der Waals surface area contributed by atoms with Gasteiger partial charge in [0.2, 0.25) is 5.91 Å². The lowest BCUT2D eigenvalue weighted by Crippen LogP contribution is -2.42. The number of amides is 1. The highest BCUT2D eigenvalue weighted by Crippen LogP contribution is 2.28. The Labute approximate surface area is 170 Å². The number of likely N-dealkylation sites (tertiary alicyclic amines) is 1. The van der Waals surface area contributed by atoms with Gasteiger partial charge in [-0.1, -0.05) is 6.07 Å². The van der Waals surface area contributed by atoms with Gasteiger partial charge in [-0.3, -0.25) is 9.59 Å². The molecule has 2 heterocycles. The van der Waals surface area contributed by atoms with Crippen LogP contribution in [0.2, 0.25) is 0 Å². The van der Waals surface area contributed by atoms with Crippen molar-refractivity contribution in [1.82, 2.24) is 9.47 Å². The van der Waals surface area contributed by atoms with Crippen molar-refractivity contribution in [2.24, 2.45) is 7.05 Å². The molecule has 0 aliphatic carbocycles. The number of ether oxygens (including phenoxy) is 3. The lowest BCUT2D eigenvalue weighted by atomic mass is 10.1. The second kappa shape index (κ2) is 9.03. The first-order chi connectivity index (χ1) is 13.9. The third-order valence-electron chi connectivity index (χ3n) is 5.38. The molecule has 0 bridgehead atoms. The molecule has 1 aliphatic heterocycles. The molecular weight excluding hydrogens is 372 g/mol. The van der Waals surface area contributed by atoms with E-state index in [1.807, 2.05) is 36.1 Å². The van der Waals surface area contributed by atoms with Gasteiger partial charge in [-0.05, 0) is 30.7 Å². The summed E-state index contributed by atoms with van der Waals surface area (Å²) in [6, 6.07) is 8.92. The number of carbonyl (C=O) groups excluding carboxylic acids is 1. The molecule has 7 heteroatoms. The van der Waals surface area contributed by atoms with Crippen molar-refractivity contribution in [2.75, 3.05) is 27.3 Å². The Balaban J connectivity index is 1.55. The summed E-state index contributed by atoms with van der Waals surface area (Å²) >= 11 is 0. The van der Waals surface area contributed by atoms with Crippen LogP contribution in [0.25, 0.3) is 0 Å². The standard InChI is InChI=1S/C22H28N2O5/c1-15-11-18(14-21(25)23(15)2)29-17-7-9-24(10-8-17)22(26)13-16-5-6-19(27-3)20(12-16)28-4/h5-6,11-12,14,17H,7-10,13H2,1-4H3. The van der Waals surface area contributed by atoms with Gasteiger partial charge in [0, 0.05) is 44.7 Å². The van der Waals surface area contributed by atoms with Crippen LogP contribution in [0.1, 0.15) is 24.1 Å². The van der Waals surface area contributed by atoms with Crippen LogP contribution < -0.4 is 19.8 Å². The van der Waals surface area contributed by atoms with Crippen LogP contribution in [0.3, 0.4) is 0 Å². The van der Waals surface area contributed by atoms with E-state index in [1.165, 1.54) is 6.07 Å². The topological polar surface area (TPSA) is 70.0 Å². The summed E-state index contributed by atoms with van der Waals surface area (Å²) in [6.45, 7) is 3.16. The SMILES string of the molecule is COc1ccc(CC(=O)N2CCC(Oc3cc(C)n(C)c(=O)c3)CC2)cc1OC. The van der Waals surface area contributed by atoms with E-state index in [1.54, 1.807) is 25.8 Å². The van der Waals surface area contributed by atoms with Crippen molar-refractivity contribution in [2.45, 2.75) is 32.3 Å². The highest BCUT2D eigenvalue weighted by atomic mass is 16.5. The fourth-order valence-electron chi connectivity index (χ4n) is 3.50. The molecule has 0 saturated carbocycles. The van der Waals surface area contributed by atoms with E-state index >= 15 is 0 Å². The van der Waals surface area contributed by atoms with Crippen LogP contribution in [0, 0.1) is 6.92 Å². The molecule has 29 heavy (non-hydrogen) atoms. The third-order valence-corrected chi connectivity index (χ3v) is 5.38. The Morgan fingerprint density at radius 2 is 1.76 bits per heavy atom. The second-order valence-corrected chi connectivity index (χ2v) is 7.29. The number of hydrogen-bond donors (Lipinski definition) is 0. The van der Waals surface area contributed by atoms with Gasteiger partial charge in [-0.15, -0.1) is 0 Å². The summed E-state index contributed by atoms with van der Waals surface area (Å²) in [7, 11) is 4.91. The van der Waals surface area contributed by atoms with Gasteiger partial charge >= 0.3 is 0 Å². The fourth-order valence-corrected chi connectivity index (χ4v) is 3.50. The van der Waals surface area contributed by atoms with Gasteiger partial charge < -0.3 is 23.7 Å². The summed E-state index contributed by atoms with van der Waals surface area (Å²) < 4.78 is 18.1. The normalized spacial score (nSPS) is 14.6. The van der Waals surface area contributed by atoms with Crippen molar-refractivity contribution in [3.05, 3.63) is 51.9 Å². The summed E-state index contributed by atoms with van der Waals surface area (Å²) in [4.78, 5) is 26.5. The number of piperidine rings is 1. The van der Waals surface area contributed by atoms with Gasteiger partial charge in [0.15, 0.2) is 11.5 Å². The van der Waals surface area contributed by atoms with Crippen molar-refractivity contribution in [3.63, 3.8) is 0 Å². The Kier molecular flexibility index (Phi) is 6.46. The van der Waals surface area contributed by atoms with Gasteiger partial charge in [-0.25, -0.2) is 0 Å². The first kappa shape index (κ1) is 20.8. The average Bonchev–Trinajstić information content (AvgIpc) is 2.72. The number of rotatable bonds is 6. The van der Waals surface area contributed by atoms with Crippen LogP contribution in [-0.2, 0) is 18.3 Å². The van der Waals surface area contributed by atoms with Crippen molar-refractivity contribution in [1.29, 1.82) is 0 Å². The van der Waals surface area contributed by atoms with E-state index in [-0.39, 0.29) is 17.6 Å². The zero-order valence-corrected chi connectivity index (χ0v) is 17.4. The maximum Gasteiger partial charge on any atom is 0.254 e. The lowest BCUT2D eigenvalue weighted by molar-refractivity contribution is -0.132. The third kappa shape index (κ3) is 4.91. The molecule has 0 unspecified atom stereocenters. The van der Waals surface area contributed by atoms with Crippen LogP contribution in [-0.4, -0.2) is 48.8 Å². The van der Waals surface area contributed by atoms with Crippen LogP contribution in [0.15, 0.2) is 35.1 Å². The Morgan fingerprint density at radius 3 is 2.38 bits per heavy atom. The zero-order chi connectivity index (χ0) is 21.0. The van der Waals surface area contributed by atoms with Crippen molar-refractivity contribution < 1.29 is 19.0 Å². The smallest absolute Gasteiger partial charge is 0.254 e. The predicted octanol–water partition coefficient (Wildman–Crippen LogP) is 2.32. The van der Waals surface area contributed by atoms with E-state index in [2.05, 4.69) is 0 Å². The molecule has 1 aliphatic rings. The zero-order valence-electron chi connectivity index (χ0n) is 17.4. The highest BCUT2D eigenvalue weighted by Gasteiger charge is 2.24. The Morgan fingerprint density at radius 1 is 1.07 bits per heavy atom. The Bertz CT molecular complexity index is 929. The molecule has 1 amide bonds. The molecule has 1 aromatic carbocycles. The summed E-state index contributed by atoms with van der Waals surface area (Å²) in [5.74, 6) is 1.95. The highest BCUT2D eigenvalue weighted by molar-refractivity contribution is 5.79. The summed E-state index contributed by atoms with van der Waals surface area (Å²) in [6.07, 6.45) is 1.81. The quantitative estimate of drug-likeness (QED) is 0.744. The predicted molar refractivity (Wildman–Crippen MR) is 110 cm³/mol. The minimum absolute atomic E-state index is 0.00614. The molecular formula is C22H28N2O5. The maximum atomic E-state index is 12.7. The lowest BCUT2D eigenvalue weighted by Gasteiger charge is -2.32. The molecule has 156 valence electrons. The minimum atomic E-state index is -0.0810. The monoisotopic (exact) mass is 400 g/mol. The number of pyridine rings is 1. The molecule has 1 fully saturated rings. The number of nitrogens with zero attached hydrogens (tertiary/aromatic N) is 2. The molecule has 2 aromatic rings. The molecule has 0 spiro atoms. The van der Waals surface area contributed by atoms with Gasteiger partial charge in [0.1, 0.15) is 11.9 Å². The van der Waals surface area contributed by atoms with Crippen molar-refractivity contribution in [3.8, 4) is 17.2 Å². The molecule has 0 radical (unpaired) electrons. The number of hydrogen-bond acceptors (Lipinski definition) is 5. The minimum Gasteiger partial charge on any atom is -0.493 e. The average molecular weight is 400 g/mol. The number of carbonyl (C=O) groups is 1. The Hall–Kier alpha value is -2.96. The van der Waals surface area contributed by atoms with Gasteiger partial charge in [-0.2, -0.15) is 0 Å². The van der Waals surface area contributed by atoms with Crippen molar-refractivity contribution >= 4 is 5.91 Å². The second-order valence-electron chi connectivity index (χ2n) is 7.29. The summed E-state index contributed by atoms with van der Waals surface area (Å²) in [5.41, 5.74) is 1.67. The van der Waals surface area contributed by atoms with E-state index in [0.29, 0.717) is 36.8 Å². The van der Waals surface area contributed by atoms with E-state index in [0.717, 1.165) is 24.1 Å². The van der Waals surface area contributed by atoms with E-state index < -0.39 is 0 Å². The van der Waals surface area contributed by atoms with E-state index in [9.17, 15) is 9.59 Å². The first-order valence-electron chi connectivity index (χ1n) is 9.74. The van der Waals surface area contributed by atoms with Crippen LogP contribution in [0.4, 0.5) is 0 Å². The molecule has 1 aromatic heterocycles. The van der Waals surface area contributed by atoms with E-state index in [4.69, 9.17) is 14.2 Å². The van der Waals surface area contributed by atoms with Crippen LogP contribution in [0.5, 0.6) is 17.2 Å². The number of aromatic nitrogens is 1. The molecule has 3 rings (SSSR count). The number of methoxy groups -OCH3 is 2. The maximum absolute atomic E-state index is 12.7. The number of benzene rings is 1. The van der Waals surface area contributed by atoms with Crippen LogP contribution >= 0.6 is 0 Å². The molecule has 0 atom stereocenters. The first-order valence-corrected chi connectivity index (χ1v) is 9.74.